The van der Waals surface area contributed by atoms with Gasteiger partial charge in [0.15, 0.2) is 0 Å². The summed E-state index contributed by atoms with van der Waals surface area (Å²) in [7, 11) is 9.87. The van der Waals surface area contributed by atoms with Gasteiger partial charge in [-0.05, 0) is 23.6 Å². The van der Waals surface area contributed by atoms with Crippen molar-refractivity contribution in [2.45, 2.75) is 0 Å². The maximum atomic E-state index is 10.2. The topological polar surface area (TPSA) is 32.6 Å². The molecule has 0 unspecified atom stereocenters. The monoisotopic (exact) mass is 407 g/mol. The van der Waals surface area contributed by atoms with Crippen molar-refractivity contribution in [1.29, 1.82) is 0 Å². The minimum atomic E-state index is -0.826. The molecule has 0 aliphatic rings. The first kappa shape index (κ1) is 17.2. The first-order chi connectivity index (χ1) is 10.8. The number of aliphatic imine (C=N–C) groups is 1. The van der Waals surface area contributed by atoms with E-state index in [-0.39, 0.29) is 5.75 Å². The fourth-order valence-corrected chi connectivity index (χ4v) is 2.03. The van der Waals surface area contributed by atoms with Crippen LogP contribution < -0.4 is 0 Å². The van der Waals surface area contributed by atoms with Gasteiger partial charge in [0.1, 0.15) is 5.75 Å². The molecule has 0 saturated heterocycles. The Morgan fingerprint density at radius 1 is 0.864 bits per heavy atom. The van der Waals surface area contributed by atoms with Crippen molar-refractivity contribution in [1.82, 2.24) is 0 Å². The van der Waals surface area contributed by atoms with Crippen LogP contribution in [0.2, 0.25) is 0 Å². The Morgan fingerprint density at radius 3 is 2.23 bits per heavy atom. The second kappa shape index (κ2) is 9.10. The second-order valence-electron chi connectivity index (χ2n) is 4.39. The predicted molar refractivity (Wildman–Crippen MR) is 91.0 cm³/mol. The van der Waals surface area contributed by atoms with Gasteiger partial charge in [0.2, 0.25) is 0 Å². The number of halogens is 2. The molecule has 3 aromatic carbocycles. The third kappa shape index (κ3) is 4.67. The molecule has 0 fully saturated rings. The third-order valence-electron chi connectivity index (χ3n) is 3.04. The molecule has 0 amide bonds. The number of phenolic OH excluding ortho intramolecular Hbond substituents is 1. The second-order valence-corrected chi connectivity index (χ2v) is 8.12. The first-order valence-corrected chi connectivity index (χ1v) is 12.9. The van der Waals surface area contributed by atoms with E-state index in [0.29, 0.717) is 0 Å². The molecule has 2 nitrogen and oxygen atoms in total. The molecule has 0 atom stereocenters. The van der Waals surface area contributed by atoms with Crippen molar-refractivity contribution < 1.29 is 26.0 Å². The van der Waals surface area contributed by atoms with Crippen LogP contribution in [0.3, 0.4) is 0 Å². The molecular weight excluding hydrogens is 396 g/mol. The van der Waals surface area contributed by atoms with Crippen molar-refractivity contribution >= 4 is 39.7 Å². The molecule has 3 rings (SSSR count). The molecule has 0 bridgehead atoms. The summed E-state index contributed by atoms with van der Waals surface area (Å²) in [5, 5.41) is 12.1. The van der Waals surface area contributed by atoms with Crippen molar-refractivity contribution in [3.8, 4) is 5.75 Å². The Labute approximate surface area is 148 Å². The van der Waals surface area contributed by atoms with Crippen molar-refractivity contribution in [2.75, 3.05) is 0 Å². The van der Waals surface area contributed by atoms with Crippen LogP contribution in [0.1, 0.15) is 5.56 Å². The summed E-state index contributed by atoms with van der Waals surface area (Å²) in [6.07, 6.45) is 1.69. The van der Waals surface area contributed by atoms with Gasteiger partial charge in [-0.1, -0.05) is 48.5 Å². The Kier molecular flexibility index (Phi) is 7.12. The minimum absolute atomic E-state index is 0.276. The van der Waals surface area contributed by atoms with Crippen molar-refractivity contribution in [3.05, 3.63) is 72.3 Å². The Morgan fingerprint density at radius 2 is 1.50 bits per heavy atom. The molecule has 0 aromatic heterocycles. The normalized spacial score (nSPS) is 10.3. The molecule has 0 heterocycles. The summed E-state index contributed by atoms with van der Waals surface area (Å²) >= 11 is -0.826. The molecule has 0 aliphatic carbocycles. The predicted octanol–water partition coefficient (Wildman–Crippen LogP) is 5.67. The molecule has 0 saturated carbocycles. The van der Waals surface area contributed by atoms with Crippen LogP contribution in [0.15, 0.2) is 71.7 Å². The van der Waals surface area contributed by atoms with Gasteiger partial charge in [0.25, 0.3) is 0 Å². The Balaban J connectivity index is 0.000000545. The van der Waals surface area contributed by atoms with Crippen molar-refractivity contribution in [3.63, 3.8) is 0 Å². The molecule has 5 heteroatoms. The summed E-state index contributed by atoms with van der Waals surface area (Å²) < 4.78 is 0. The molecule has 0 aliphatic heterocycles. The van der Waals surface area contributed by atoms with Crippen LogP contribution in [0.25, 0.3) is 10.8 Å². The van der Waals surface area contributed by atoms with Gasteiger partial charge in [-0.25, -0.2) is 0 Å². The number of para-hydroxylation sites is 1. The number of nitrogens with zero attached hydrogens (tertiary/aromatic N) is 1. The quantitative estimate of drug-likeness (QED) is 0.543. The average Bonchev–Trinajstić information content (AvgIpc) is 2.56. The van der Waals surface area contributed by atoms with Crippen LogP contribution in [0.4, 0.5) is 5.69 Å². The van der Waals surface area contributed by atoms with Gasteiger partial charge >= 0.3 is 37.9 Å². The number of phenols is 1. The van der Waals surface area contributed by atoms with Crippen LogP contribution in [-0.4, -0.2) is 11.3 Å². The zero-order chi connectivity index (χ0) is 15.8. The van der Waals surface area contributed by atoms with E-state index >= 15 is 0 Å². The average molecular weight is 409 g/mol. The zero-order valence-corrected chi connectivity index (χ0v) is 15.5. The van der Waals surface area contributed by atoms with Crippen LogP contribution in [0.5, 0.6) is 5.75 Å². The molecular formula is C17H13Cl2NOZr. The van der Waals surface area contributed by atoms with Crippen molar-refractivity contribution in [2.24, 2.45) is 4.99 Å². The van der Waals surface area contributed by atoms with Crippen LogP contribution in [-0.2, 0) is 20.8 Å². The number of benzene rings is 3. The molecule has 0 spiro atoms. The summed E-state index contributed by atoms with van der Waals surface area (Å²) in [6, 6.07) is 21.3. The van der Waals surface area contributed by atoms with Crippen LogP contribution >= 0.6 is 17.0 Å². The number of rotatable bonds is 2. The third-order valence-corrected chi connectivity index (χ3v) is 3.04. The summed E-state index contributed by atoms with van der Waals surface area (Å²) in [5.74, 6) is 0.276. The fourth-order valence-electron chi connectivity index (χ4n) is 2.03. The van der Waals surface area contributed by atoms with Gasteiger partial charge in [0.05, 0.1) is 5.69 Å². The van der Waals surface area contributed by atoms with E-state index in [1.807, 2.05) is 66.7 Å². The van der Waals surface area contributed by atoms with E-state index in [0.717, 1.165) is 22.0 Å². The Bertz CT molecular complexity index is 763. The summed E-state index contributed by atoms with van der Waals surface area (Å²) in [5.41, 5.74) is 1.60. The SMILES string of the molecule is Oc1c(C=Nc2ccccc2)ccc2ccccc12.[Cl][Zr][Cl]. The molecule has 0 radical (unpaired) electrons. The van der Waals surface area contributed by atoms with E-state index in [1.54, 1.807) is 6.21 Å². The van der Waals surface area contributed by atoms with E-state index in [9.17, 15) is 5.11 Å². The number of fused-ring (bicyclic) bond motifs is 1. The van der Waals surface area contributed by atoms with Gasteiger partial charge < -0.3 is 5.11 Å². The van der Waals surface area contributed by atoms with E-state index in [4.69, 9.17) is 17.0 Å². The Hall–Kier alpha value is -1.15. The molecule has 110 valence electrons. The van der Waals surface area contributed by atoms with Gasteiger partial charge in [-0.2, -0.15) is 0 Å². The number of hydrogen-bond acceptors (Lipinski definition) is 2. The number of aromatic hydroxyl groups is 1. The van der Waals surface area contributed by atoms with E-state index in [1.165, 1.54) is 0 Å². The molecule has 3 aromatic rings. The van der Waals surface area contributed by atoms with E-state index in [2.05, 4.69) is 4.99 Å². The standard InChI is InChI=1S/C17H13NO.2ClH.Zr/c19-17-14(12-18-15-7-2-1-3-8-15)11-10-13-6-4-5-9-16(13)17;;;/h1-12,19H;2*1H;/q;;;+2/p-2. The molecule has 1 N–H and O–H groups in total. The van der Waals surface area contributed by atoms with Gasteiger partial charge in [0, 0.05) is 17.2 Å². The first-order valence-electron chi connectivity index (χ1n) is 6.52. The van der Waals surface area contributed by atoms with Gasteiger partial charge in [-0.3, -0.25) is 4.99 Å². The zero-order valence-electron chi connectivity index (χ0n) is 11.6. The van der Waals surface area contributed by atoms with Gasteiger partial charge in [-0.15, -0.1) is 0 Å². The number of hydrogen-bond donors (Lipinski definition) is 1. The summed E-state index contributed by atoms with van der Waals surface area (Å²) in [4.78, 5) is 4.36. The fraction of sp³-hybridized carbons (Fsp3) is 0. The van der Waals surface area contributed by atoms with E-state index < -0.39 is 20.8 Å². The van der Waals surface area contributed by atoms with Crippen LogP contribution in [0, 0.1) is 0 Å². The summed E-state index contributed by atoms with van der Waals surface area (Å²) in [6.45, 7) is 0. The maximum absolute atomic E-state index is 10.2. The molecule has 22 heavy (non-hydrogen) atoms.